The molecule has 1 aliphatic rings. The number of esters is 1. The minimum Gasteiger partial charge on any atom is -0.465 e. The van der Waals surface area contributed by atoms with Gasteiger partial charge < -0.3 is 15.0 Å². The summed E-state index contributed by atoms with van der Waals surface area (Å²) in [6, 6.07) is 18.1. The van der Waals surface area contributed by atoms with Crippen molar-refractivity contribution in [3.8, 4) is 0 Å². The first-order chi connectivity index (χ1) is 13.7. The average molecular weight is 374 g/mol. The summed E-state index contributed by atoms with van der Waals surface area (Å²) in [5.74, 6) is -0.112. The zero-order valence-electron chi connectivity index (χ0n) is 15.3. The molecule has 0 atom stereocenters. The zero-order valence-corrected chi connectivity index (χ0v) is 15.3. The zero-order chi connectivity index (χ0) is 19.5. The number of carbonyl (C=O) groups excluding carboxylic acids is 2. The molecule has 2 aromatic carbocycles. The van der Waals surface area contributed by atoms with Gasteiger partial charge in [-0.2, -0.15) is 0 Å². The van der Waals surface area contributed by atoms with Crippen LogP contribution in [0.1, 0.15) is 26.4 Å². The van der Waals surface area contributed by atoms with Crippen molar-refractivity contribution in [3.05, 3.63) is 77.5 Å². The van der Waals surface area contributed by atoms with Crippen LogP contribution in [0.5, 0.6) is 0 Å². The van der Waals surface area contributed by atoms with Gasteiger partial charge in [0, 0.05) is 17.9 Å². The minimum absolute atomic E-state index is 0.170. The number of rotatable bonds is 4. The fourth-order valence-electron chi connectivity index (χ4n) is 3.19. The number of nitrogens with zero attached hydrogens (tertiary/aromatic N) is 3. The van der Waals surface area contributed by atoms with Gasteiger partial charge in [-0.3, -0.25) is 4.79 Å². The number of methoxy groups -OCH3 is 1. The SMILES string of the molecule is COC(=O)c1cccc(Nc2ccc(C(=O)N3CCc4ccccc43)nn2)c1. The first-order valence-corrected chi connectivity index (χ1v) is 8.84. The van der Waals surface area contributed by atoms with Crippen LogP contribution in [-0.4, -0.2) is 35.7 Å². The first-order valence-electron chi connectivity index (χ1n) is 8.84. The second-order valence-corrected chi connectivity index (χ2v) is 6.34. The van der Waals surface area contributed by atoms with E-state index >= 15 is 0 Å². The van der Waals surface area contributed by atoms with Crippen LogP contribution in [0.4, 0.5) is 17.2 Å². The molecule has 2 heterocycles. The van der Waals surface area contributed by atoms with Gasteiger partial charge in [0.2, 0.25) is 0 Å². The summed E-state index contributed by atoms with van der Waals surface area (Å²) >= 11 is 0. The summed E-state index contributed by atoms with van der Waals surface area (Å²) in [5, 5.41) is 11.2. The van der Waals surface area contributed by atoms with Gasteiger partial charge in [0.15, 0.2) is 11.5 Å². The largest absolute Gasteiger partial charge is 0.465 e. The first kappa shape index (κ1) is 17.7. The highest BCUT2D eigenvalue weighted by Crippen LogP contribution is 2.28. The third-order valence-electron chi connectivity index (χ3n) is 4.57. The molecule has 140 valence electrons. The number of hydrogen-bond donors (Lipinski definition) is 1. The van der Waals surface area contributed by atoms with E-state index in [1.807, 2.05) is 24.3 Å². The predicted molar refractivity (Wildman–Crippen MR) is 105 cm³/mol. The Bertz CT molecular complexity index is 1030. The van der Waals surface area contributed by atoms with Gasteiger partial charge in [-0.05, 0) is 48.4 Å². The Morgan fingerprint density at radius 1 is 1.04 bits per heavy atom. The molecule has 1 amide bonds. The van der Waals surface area contributed by atoms with Gasteiger partial charge in [-0.25, -0.2) is 4.79 Å². The van der Waals surface area contributed by atoms with E-state index in [1.54, 1.807) is 41.3 Å². The highest BCUT2D eigenvalue weighted by atomic mass is 16.5. The molecule has 4 rings (SSSR count). The summed E-state index contributed by atoms with van der Waals surface area (Å²) in [4.78, 5) is 26.1. The summed E-state index contributed by atoms with van der Waals surface area (Å²) < 4.78 is 4.72. The number of carbonyl (C=O) groups is 2. The number of para-hydroxylation sites is 1. The molecule has 1 aliphatic heterocycles. The van der Waals surface area contributed by atoms with Gasteiger partial charge in [-0.1, -0.05) is 24.3 Å². The fraction of sp³-hybridized carbons (Fsp3) is 0.143. The Labute approximate surface area is 162 Å². The van der Waals surface area contributed by atoms with E-state index in [0.717, 1.165) is 17.7 Å². The third-order valence-corrected chi connectivity index (χ3v) is 4.57. The Kier molecular flexibility index (Phi) is 4.72. The highest BCUT2D eigenvalue weighted by molar-refractivity contribution is 6.06. The number of ether oxygens (including phenoxy) is 1. The van der Waals surface area contributed by atoms with Gasteiger partial charge in [0.25, 0.3) is 5.91 Å². The maximum absolute atomic E-state index is 12.8. The number of benzene rings is 2. The second kappa shape index (κ2) is 7.48. The normalized spacial score (nSPS) is 12.4. The molecule has 1 aromatic heterocycles. The molecular weight excluding hydrogens is 356 g/mol. The second-order valence-electron chi connectivity index (χ2n) is 6.34. The molecule has 28 heavy (non-hydrogen) atoms. The number of aromatic nitrogens is 2. The molecule has 0 radical (unpaired) electrons. The number of fused-ring (bicyclic) bond motifs is 1. The summed E-state index contributed by atoms with van der Waals surface area (Å²) in [6.07, 6.45) is 0.839. The van der Waals surface area contributed by atoms with Crippen LogP contribution in [0.2, 0.25) is 0 Å². The van der Waals surface area contributed by atoms with Crippen LogP contribution < -0.4 is 10.2 Å². The van der Waals surface area contributed by atoms with Crippen LogP contribution in [0.25, 0.3) is 0 Å². The van der Waals surface area contributed by atoms with E-state index < -0.39 is 5.97 Å². The van der Waals surface area contributed by atoms with Crippen molar-refractivity contribution in [2.24, 2.45) is 0 Å². The average Bonchev–Trinajstić information content (AvgIpc) is 3.17. The molecule has 7 heteroatoms. The molecule has 3 aromatic rings. The lowest BCUT2D eigenvalue weighted by Gasteiger charge is -2.16. The molecule has 1 N–H and O–H groups in total. The molecule has 7 nitrogen and oxygen atoms in total. The Balaban J connectivity index is 1.49. The van der Waals surface area contributed by atoms with Gasteiger partial charge in [0.05, 0.1) is 12.7 Å². The Morgan fingerprint density at radius 2 is 1.89 bits per heavy atom. The molecule has 0 bridgehead atoms. The quantitative estimate of drug-likeness (QED) is 0.706. The van der Waals surface area contributed by atoms with Crippen molar-refractivity contribution in [2.75, 3.05) is 23.9 Å². The van der Waals surface area contributed by atoms with Crippen molar-refractivity contribution in [2.45, 2.75) is 6.42 Å². The van der Waals surface area contributed by atoms with Crippen molar-refractivity contribution < 1.29 is 14.3 Å². The van der Waals surface area contributed by atoms with Crippen molar-refractivity contribution >= 4 is 29.1 Å². The van der Waals surface area contributed by atoms with Crippen LogP contribution in [0.3, 0.4) is 0 Å². The molecule has 0 aliphatic carbocycles. The van der Waals surface area contributed by atoms with Crippen LogP contribution >= 0.6 is 0 Å². The molecular formula is C21H18N4O3. The van der Waals surface area contributed by atoms with Crippen LogP contribution in [0.15, 0.2) is 60.7 Å². The van der Waals surface area contributed by atoms with Gasteiger partial charge in [-0.15, -0.1) is 10.2 Å². The maximum atomic E-state index is 12.8. The molecule has 0 saturated heterocycles. The molecule has 0 unspecified atom stereocenters. The maximum Gasteiger partial charge on any atom is 0.337 e. The van der Waals surface area contributed by atoms with E-state index in [0.29, 0.717) is 23.6 Å². The van der Waals surface area contributed by atoms with Crippen molar-refractivity contribution in [3.63, 3.8) is 0 Å². The molecule has 0 saturated carbocycles. The Morgan fingerprint density at radius 3 is 2.68 bits per heavy atom. The number of anilines is 3. The predicted octanol–water partition coefficient (Wildman–Crippen LogP) is 3.21. The fourth-order valence-corrected chi connectivity index (χ4v) is 3.19. The van der Waals surface area contributed by atoms with Crippen molar-refractivity contribution in [1.82, 2.24) is 10.2 Å². The van der Waals surface area contributed by atoms with E-state index in [4.69, 9.17) is 4.74 Å². The van der Waals surface area contributed by atoms with E-state index in [-0.39, 0.29) is 11.6 Å². The number of amides is 1. The van der Waals surface area contributed by atoms with Gasteiger partial charge >= 0.3 is 5.97 Å². The van der Waals surface area contributed by atoms with E-state index in [9.17, 15) is 9.59 Å². The molecule has 0 spiro atoms. The highest BCUT2D eigenvalue weighted by Gasteiger charge is 2.26. The van der Waals surface area contributed by atoms with E-state index in [1.165, 1.54) is 7.11 Å². The van der Waals surface area contributed by atoms with E-state index in [2.05, 4.69) is 15.5 Å². The van der Waals surface area contributed by atoms with Crippen molar-refractivity contribution in [1.29, 1.82) is 0 Å². The molecule has 0 fully saturated rings. The summed E-state index contributed by atoms with van der Waals surface area (Å²) in [5.41, 5.74) is 3.47. The lowest BCUT2D eigenvalue weighted by molar-refractivity contribution is 0.0600. The third kappa shape index (κ3) is 3.42. The van der Waals surface area contributed by atoms with Gasteiger partial charge in [0.1, 0.15) is 0 Å². The monoisotopic (exact) mass is 374 g/mol. The smallest absolute Gasteiger partial charge is 0.337 e. The summed E-state index contributed by atoms with van der Waals surface area (Å²) in [6.45, 7) is 0.639. The summed E-state index contributed by atoms with van der Waals surface area (Å²) in [7, 11) is 1.34. The van der Waals surface area contributed by atoms with Crippen LogP contribution in [-0.2, 0) is 11.2 Å². The minimum atomic E-state index is -0.415. The standard InChI is InChI=1S/C21H18N4O3/c1-28-21(27)15-6-4-7-16(13-15)22-19-10-9-17(23-24-19)20(26)25-12-11-14-5-2-3-8-18(14)25/h2-10,13H,11-12H2,1H3,(H,22,24). The number of nitrogens with one attached hydrogen (secondary N) is 1. The number of hydrogen-bond acceptors (Lipinski definition) is 6. The lowest BCUT2D eigenvalue weighted by atomic mass is 10.2. The Hall–Kier alpha value is -3.74. The lowest BCUT2D eigenvalue weighted by Crippen LogP contribution is -2.29. The van der Waals surface area contributed by atoms with Crippen LogP contribution in [0, 0.1) is 0 Å². The topological polar surface area (TPSA) is 84.4 Å².